The molecule has 150 valence electrons. The fraction of sp³-hybridized carbons (Fsp3) is 0.333. The second kappa shape index (κ2) is 8.52. The number of imidazole rings is 1. The Morgan fingerprint density at radius 2 is 2.14 bits per heavy atom. The number of benzene rings is 1. The zero-order valence-electron chi connectivity index (χ0n) is 15.3. The number of aryl methyl sites for hydroxylation is 1. The van der Waals surface area contributed by atoms with E-state index >= 15 is 0 Å². The van der Waals surface area contributed by atoms with Crippen LogP contribution in [0.25, 0.3) is 10.1 Å². The highest BCUT2D eigenvalue weighted by molar-refractivity contribution is 9.10. The second-order valence-electron chi connectivity index (χ2n) is 6.43. The van der Waals surface area contributed by atoms with Gasteiger partial charge in [-0.25, -0.2) is 18.1 Å². The van der Waals surface area contributed by atoms with Crippen LogP contribution in [-0.2, 0) is 23.0 Å². The molecule has 3 rings (SSSR count). The highest BCUT2D eigenvalue weighted by Gasteiger charge is 2.25. The fourth-order valence-corrected chi connectivity index (χ4v) is 5.44. The molecule has 1 aromatic carbocycles. The topological polar surface area (TPSA) is 81.1 Å². The molecule has 0 aliphatic carbocycles. The quantitative estimate of drug-likeness (QED) is 0.510. The van der Waals surface area contributed by atoms with Crippen LogP contribution in [0.1, 0.15) is 41.6 Å². The van der Waals surface area contributed by atoms with Crippen molar-refractivity contribution >= 4 is 64.9 Å². The Morgan fingerprint density at radius 3 is 2.82 bits per heavy atom. The third kappa shape index (κ3) is 4.59. The van der Waals surface area contributed by atoms with Crippen LogP contribution in [0.3, 0.4) is 0 Å². The van der Waals surface area contributed by atoms with Crippen molar-refractivity contribution in [2.24, 2.45) is 0 Å². The third-order valence-electron chi connectivity index (χ3n) is 4.20. The first-order chi connectivity index (χ1) is 13.2. The smallest absolute Gasteiger partial charge is 0.284 e. The van der Waals surface area contributed by atoms with E-state index in [1.54, 1.807) is 15.9 Å². The Morgan fingerprint density at radius 1 is 1.39 bits per heavy atom. The summed E-state index contributed by atoms with van der Waals surface area (Å²) in [5.74, 6) is -0.113. The van der Waals surface area contributed by atoms with E-state index in [4.69, 9.17) is 11.6 Å². The fourth-order valence-electron chi connectivity index (χ4n) is 2.99. The second-order valence-corrected chi connectivity index (χ2v) is 10.3. The van der Waals surface area contributed by atoms with E-state index in [9.17, 15) is 13.2 Å². The average molecular weight is 505 g/mol. The number of thiophene rings is 1. The van der Waals surface area contributed by atoms with Gasteiger partial charge in [0.05, 0.1) is 12.8 Å². The van der Waals surface area contributed by atoms with E-state index in [0.29, 0.717) is 18.8 Å². The lowest BCUT2D eigenvalue weighted by molar-refractivity contribution is 0.0973. The van der Waals surface area contributed by atoms with Gasteiger partial charge in [-0.05, 0) is 29.5 Å². The van der Waals surface area contributed by atoms with Gasteiger partial charge in [0.1, 0.15) is 11.5 Å². The number of nitrogens with one attached hydrogen (secondary N) is 1. The molecule has 0 radical (unpaired) electrons. The number of unbranched alkanes of at least 4 members (excludes halogenated alkanes) is 1. The molecule has 0 fully saturated rings. The van der Waals surface area contributed by atoms with Crippen molar-refractivity contribution in [2.75, 3.05) is 6.26 Å². The zero-order valence-corrected chi connectivity index (χ0v) is 19.3. The SMILES string of the molecule is CCCCc1nc(Cl)c(C(=O)NS(C)(=O)=O)n1Cc1csc2cccc(Br)c12. The van der Waals surface area contributed by atoms with Crippen molar-refractivity contribution in [1.82, 2.24) is 14.3 Å². The van der Waals surface area contributed by atoms with Gasteiger partial charge in [0.15, 0.2) is 5.15 Å². The summed E-state index contributed by atoms with van der Waals surface area (Å²) in [5, 5.41) is 3.10. The van der Waals surface area contributed by atoms with Gasteiger partial charge in [-0.1, -0.05) is 46.9 Å². The number of hydrogen-bond donors (Lipinski definition) is 1. The third-order valence-corrected chi connectivity index (χ3v) is 6.68. The normalized spacial score (nSPS) is 11.9. The minimum absolute atomic E-state index is 0.00542. The van der Waals surface area contributed by atoms with Crippen LogP contribution in [-0.4, -0.2) is 30.1 Å². The standard InChI is InChI=1S/C18H19BrClN3O3S2/c1-3-4-8-14-21-17(20)16(18(24)22-28(2,25)26)23(14)9-11-10-27-13-7-5-6-12(19)15(11)13/h5-7,10H,3-4,8-9H2,1-2H3,(H,22,24). The molecule has 0 saturated heterocycles. The molecule has 1 N–H and O–H groups in total. The van der Waals surface area contributed by atoms with Crippen LogP contribution in [0.5, 0.6) is 0 Å². The molecule has 28 heavy (non-hydrogen) atoms. The van der Waals surface area contributed by atoms with Gasteiger partial charge in [-0.15, -0.1) is 11.3 Å². The van der Waals surface area contributed by atoms with Crippen LogP contribution in [0.15, 0.2) is 28.1 Å². The van der Waals surface area contributed by atoms with Gasteiger partial charge in [0.25, 0.3) is 5.91 Å². The number of rotatable bonds is 7. The Balaban J connectivity index is 2.10. The average Bonchev–Trinajstić information content (AvgIpc) is 3.14. The van der Waals surface area contributed by atoms with Crippen LogP contribution >= 0.6 is 38.9 Å². The number of aromatic nitrogens is 2. The number of carbonyl (C=O) groups is 1. The molecule has 0 aliphatic rings. The van der Waals surface area contributed by atoms with E-state index in [2.05, 4.69) is 27.8 Å². The largest absolute Gasteiger partial charge is 0.318 e. The lowest BCUT2D eigenvalue weighted by Gasteiger charge is -2.12. The van der Waals surface area contributed by atoms with Gasteiger partial charge >= 0.3 is 0 Å². The van der Waals surface area contributed by atoms with E-state index in [1.165, 1.54) is 0 Å². The number of nitrogens with zero attached hydrogens (tertiary/aromatic N) is 2. The summed E-state index contributed by atoms with van der Waals surface area (Å²) < 4.78 is 28.9. The minimum atomic E-state index is -3.72. The first-order valence-electron chi connectivity index (χ1n) is 8.63. The van der Waals surface area contributed by atoms with Crippen LogP contribution in [0.2, 0.25) is 5.15 Å². The first kappa shape index (κ1) is 21.3. The summed E-state index contributed by atoms with van der Waals surface area (Å²) >= 11 is 11.4. The molecule has 0 unspecified atom stereocenters. The maximum Gasteiger partial charge on any atom is 0.284 e. The van der Waals surface area contributed by atoms with Crippen molar-refractivity contribution in [1.29, 1.82) is 0 Å². The molecule has 0 atom stereocenters. The lowest BCUT2D eigenvalue weighted by Crippen LogP contribution is -2.31. The highest BCUT2D eigenvalue weighted by Crippen LogP contribution is 2.33. The number of hydrogen-bond acceptors (Lipinski definition) is 5. The van der Waals surface area contributed by atoms with Crippen molar-refractivity contribution in [3.8, 4) is 0 Å². The van der Waals surface area contributed by atoms with E-state index in [0.717, 1.165) is 39.2 Å². The van der Waals surface area contributed by atoms with Crippen molar-refractivity contribution in [2.45, 2.75) is 32.7 Å². The number of halogens is 2. The number of fused-ring (bicyclic) bond motifs is 1. The Hall–Kier alpha value is -1.42. The summed E-state index contributed by atoms with van der Waals surface area (Å²) in [7, 11) is -3.72. The molecule has 0 aliphatic heterocycles. The Labute approximate surface area is 181 Å². The maximum absolute atomic E-state index is 12.6. The summed E-state index contributed by atoms with van der Waals surface area (Å²) in [5.41, 5.74) is 1.07. The summed E-state index contributed by atoms with van der Waals surface area (Å²) in [4.78, 5) is 17.0. The van der Waals surface area contributed by atoms with E-state index < -0.39 is 15.9 Å². The molecule has 0 bridgehead atoms. The summed E-state index contributed by atoms with van der Waals surface area (Å²) in [6.45, 7) is 2.43. The maximum atomic E-state index is 12.6. The van der Waals surface area contributed by atoms with Crippen LogP contribution in [0, 0.1) is 0 Å². The van der Waals surface area contributed by atoms with E-state index in [1.807, 2.05) is 28.3 Å². The van der Waals surface area contributed by atoms with Gasteiger partial charge in [0, 0.05) is 21.0 Å². The molecule has 1 amide bonds. The van der Waals surface area contributed by atoms with Crippen LogP contribution in [0.4, 0.5) is 0 Å². The number of sulfonamides is 1. The molecule has 2 heterocycles. The Bertz CT molecular complexity index is 1140. The zero-order chi connectivity index (χ0) is 20.5. The Kier molecular flexibility index (Phi) is 6.48. The highest BCUT2D eigenvalue weighted by atomic mass is 79.9. The summed E-state index contributed by atoms with van der Waals surface area (Å²) in [6, 6.07) is 5.97. The first-order valence-corrected chi connectivity index (χ1v) is 12.6. The molecule has 10 heteroatoms. The minimum Gasteiger partial charge on any atom is -0.318 e. The number of carbonyl (C=O) groups excluding carboxylic acids is 1. The van der Waals surface area contributed by atoms with Gasteiger partial charge in [-0.3, -0.25) is 4.79 Å². The van der Waals surface area contributed by atoms with Crippen molar-refractivity contribution in [3.63, 3.8) is 0 Å². The predicted octanol–water partition coefficient (Wildman–Crippen LogP) is 4.59. The van der Waals surface area contributed by atoms with Gasteiger partial charge in [0.2, 0.25) is 10.0 Å². The molecule has 2 aromatic heterocycles. The molecule has 0 saturated carbocycles. The van der Waals surface area contributed by atoms with Crippen LogP contribution < -0.4 is 4.72 Å². The summed E-state index contributed by atoms with van der Waals surface area (Å²) in [6.07, 6.45) is 3.42. The molecule has 3 aromatic rings. The molecular weight excluding hydrogens is 486 g/mol. The lowest BCUT2D eigenvalue weighted by atomic mass is 10.1. The molecule has 0 spiro atoms. The van der Waals surface area contributed by atoms with Gasteiger partial charge < -0.3 is 4.57 Å². The van der Waals surface area contributed by atoms with E-state index in [-0.39, 0.29) is 10.8 Å². The van der Waals surface area contributed by atoms with Crippen molar-refractivity contribution < 1.29 is 13.2 Å². The predicted molar refractivity (Wildman–Crippen MR) is 117 cm³/mol. The molecule has 6 nitrogen and oxygen atoms in total. The van der Waals surface area contributed by atoms with Crippen molar-refractivity contribution in [3.05, 3.63) is 50.3 Å². The molecular formula is C18H19BrClN3O3S2. The number of amides is 1. The monoisotopic (exact) mass is 503 g/mol. The van der Waals surface area contributed by atoms with Gasteiger partial charge in [-0.2, -0.15) is 0 Å².